The summed E-state index contributed by atoms with van der Waals surface area (Å²) in [4.78, 5) is 24.4. The first-order chi connectivity index (χ1) is 15.3. The first-order valence-electron chi connectivity index (χ1n) is 10.6. The van der Waals surface area contributed by atoms with Crippen LogP contribution >= 0.6 is 7.14 Å². The average molecular weight is 462 g/mol. The van der Waals surface area contributed by atoms with Gasteiger partial charge in [0.2, 0.25) is 5.91 Å². The van der Waals surface area contributed by atoms with Crippen molar-refractivity contribution in [3.05, 3.63) is 59.7 Å². The summed E-state index contributed by atoms with van der Waals surface area (Å²) in [6, 6.07) is 11.6. The van der Waals surface area contributed by atoms with E-state index in [4.69, 9.17) is 4.74 Å². The number of amides is 2. The van der Waals surface area contributed by atoms with E-state index in [0.717, 1.165) is 22.3 Å². The van der Waals surface area contributed by atoms with Crippen molar-refractivity contribution < 1.29 is 27.7 Å². The van der Waals surface area contributed by atoms with Crippen molar-refractivity contribution in [3.8, 4) is 0 Å². The van der Waals surface area contributed by atoms with Gasteiger partial charge < -0.3 is 14.6 Å². The molecule has 0 radical (unpaired) electrons. The van der Waals surface area contributed by atoms with Gasteiger partial charge in [0.05, 0.1) is 18.8 Å². The van der Waals surface area contributed by atoms with E-state index in [9.17, 15) is 22.9 Å². The number of benzene rings is 2. The third kappa shape index (κ3) is 4.56. The molecule has 9 heteroatoms. The number of hydrogen-bond acceptors (Lipinski definition) is 4. The fraction of sp³-hybridized carbons (Fsp3) is 0.391. The Bertz CT molecular complexity index is 1040. The summed E-state index contributed by atoms with van der Waals surface area (Å²) in [6.07, 6.45) is 0.376. The van der Waals surface area contributed by atoms with Gasteiger partial charge in [-0.1, -0.05) is 30.3 Å². The number of cyclic esters (lactones) is 1. The molecular formula is C23H25F2N2O4P. The molecule has 170 valence electrons. The maximum absolute atomic E-state index is 15.0. The molecule has 2 heterocycles. The van der Waals surface area contributed by atoms with Crippen molar-refractivity contribution in [3.63, 3.8) is 0 Å². The molecule has 0 aromatic heterocycles. The van der Waals surface area contributed by atoms with E-state index in [0.29, 0.717) is 25.2 Å². The molecule has 2 saturated heterocycles. The van der Waals surface area contributed by atoms with E-state index in [2.05, 4.69) is 5.32 Å². The van der Waals surface area contributed by atoms with Gasteiger partial charge in [-0.3, -0.25) is 9.69 Å². The minimum absolute atomic E-state index is 0.0181. The highest BCUT2D eigenvalue weighted by Gasteiger charge is 2.36. The minimum Gasteiger partial charge on any atom is -0.442 e. The molecule has 0 aliphatic carbocycles. The molecule has 2 aromatic rings. The van der Waals surface area contributed by atoms with Gasteiger partial charge in [-0.15, -0.1) is 0 Å². The smallest absolute Gasteiger partial charge is 0.414 e. The Morgan fingerprint density at radius 2 is 1.78 bits per heavy atom. The van der Waals surface area contributed by atoms with Gasteiger partial charge in [0.25, 0.3) is 0 Å². The number of anilines is 1. The van der Waals surface area contributed by atoms with Gasteiger partial charge in [-0.25, -0.2) is 13.6 Å². The van der Waals surface area contributed by atoms with E-state index in [1.54, 1.807) is 0 Å². The Morgan fingerprint density at radius 3 is 2.38 bits per heavy atom. The number of ether oxygens (including phenoxy) is 1. The van der Waals surface area contributed by atoms with Crippen LogP contribution in [-0.4, -0.2) is 43.5 Å². The zero-order chi connectivity index (χ0) is 22.9. The monoisotopic (exact) mass is 462 g/mol. The number of hydrogen-bond donors (Lipinski definition) is 1. The van der Waals surface area contributed by atoms with Crippen LogP contribution in [0.2, 0.25) is 0 Å². The number of nitrogens with one attached hydrogen (secondary N) is 1. The number of carbonyl (C=O) groups excluding carboxylic acids is 2. The summed E-state index contributed by atoms with van der Waals surface area (Å²) >= 11 is 0. The Balaban J connectivity index is 1.48. The second kappa shape index (κ2) is 9.02. The Kier molecular flexibility index (Phi) is 6.33. The molecule has 0 spiro atoms. The molecule has 2 aliphatic rings. The van der Waals surface area contributed by atoms with E-state index in [-0.39, 0.29) is 36.2 Å². The maximum atomic E-state index is 15.0. The van der Waals surface area contributed by atoms with Crippen molar-refractivity contribution in [2.75, 3.05) is 30.3 Å². The fourth-order valence-electron chi connectivity index (χ4n) is 4.44. The number of rotatable bonds is 5. The third-order valence-electron chi connectivity index (χ3n) is 6.14. The molecule has 1 N–H and O–H groups in total. The van der Waals surface area contributed by atoms with Crippen molar-refractivity contribution in [1.29, 1.82) is 0 Å². The predicted octanol–water partition coefficient (Wildman–Crippen LogP) is 3.99. The van der Waals surface area contributed by atoms with Crippen LogP contribution < -0.4 is 15.5 Å². The zero-order valence-corrected chi connectivity index (χ0v) is 18.6. The molecule has 2 aromatic carbocycles. The van der Waals surface area contributed by atoms with E-state index < -0.39 is 31.0 Å². The number of carbonyl (C=O) groups is 2. The van der Waals surface area contributed by atoms with Crippen molar-refractivity contribution >= 4 is 30.1 Å². The van der Waals surface area contributed by atoms with Crippen LogP contribution in [0.15, 0.2) is 42.5 Å². The molecule has 2 amide bonds. The zero-order valence-electron chi connectivity index (χ0n) is 17.7. The fourth-order valence-corrected chi connectivity index (χ4v) is 7.36. The Labute approximate surface area is 185 Å². The van der Waals surface area contributed by atoms with Crippen LogP contribution in [0.5, 0.6) is 0 Å². The van der Waals surface area contributed by atoms with Crippen LogP contribution in [0.1, 0.15) is 31.2 Å². The lowest BCUT2D eigenvalue weighted by Crippen LogP contribution is -2.33. The second-order valence-electron chi connectivity index (χ2n) is 8.32. The number of nitrogens with zero attached hydrogens (tertiary/aromatic N) is 1. The van der Waals surface area contributed by atoms with Gasteiger partial charge in [0.1, 0.15) is 24.9 Å². The van der Waals surface area contributed by atoms with Gasteiger partial charge in [-0.2, -0.15) is 0 Å². The molecule has 32 heavy (non-hydrogen) atoms. The average Bonchev–Trinajstić information content (AvgIpc) is 3.14. The normalized spacial score (nSPS) is 25.5. The summed E-state index contributed by atoms with van der Waals surface area (Å²) in [7, 11) is -2.55. The molecule has 0 unspecified atom stereocenters. The summed E-state index contributed by atoms with van der Waals surface area (Å²) in [5.74, 6) is -2.07. The highest BCUT2D eigenvalue weighted by atomic mass is 31.2. The maximum Gasteiger partial charge on any atom is 0.414 e. The number of halogens is 2. The van der Waals surface area contributed by atoms with Crippen molar-refractivity contribution in [2.45, 2.75) is 31.8 Å². The molecular weight excluding hydrogens is 437 g/mol. The molecule has 2 fully saturated rings. The molecule has 0 saturated carbocycles. The third-order valence-corrected chi connectivity index (χ3v) is 9.34. The van der Waals surface area contributed by atoms with Crippen LogP contribution in [-0.2, 0) is 14.1 Å². The van der Waals surface area contributed by atoms with Gasteiger partial charge in [-0.05, 0) is 30.9 Å². The van der Waals surface area contributed by atoms with Crippen LogP contribution in [0, 0.1) is 11.6 Å². The topological polar surface area (TPSA) is 75.7 Å². The van der Waals surface area contributed by atoms with E-state index in [1.807, 2.05) is 30.3 Å². The Morgan fingerprint density at radius 1 is 1.16 bits per heavy atom. The van der Waals surface area contributed by atoms with Gasteiger partial charge in [0, 0.05) is 30.1 Å². The molecule has 1 atom stereocenters. The molecule has 0 bridgehead atoms. The summed E-state index contributed by atoms with van der Waals surface area (Å²) in [5.41, 5.74) is 0.0558. The SMILES string of the molecule is CC(=O)NC[C@H]1CN(c2cc(F)c(C3CCP(=O)(c4ccccc4)CC3)c(F)c2)C(=O)O1. The predicted molar refractivity (Wildman–Crippen MR) is 118 cm³/mol. The van der Waals surface area contributed by atoms with Gasteiger partial charge in [0.15, 0.2) is 0 Å². The minimum atomic E-state index is -2.55. The molecule has 6 nitrogen and oxygen atoms in total. The lowest BCUT2D eigenvalue weighted by Gasteiger charge is -2.30. The summed E-state index contributed by atoms with van der Waals surface area (Å²) in [6.45, 7) is 1.56. The standard InChI is InChI=1S/C23H25F2N2O4P/c1-15(28)26-13-18-14-27(23(29)31-18)17-11-20(24)22(21(25)12-17)16-7-9-32(30,10-8-16)19-5-3-2-4-6-19/h2-6,11-12,16,18H,7-10,13-14H2,1H3,(H,26,28)/t16?,18-,32?/m0/s1. The van der Waals surface area contributed by atoms with E-state index >= 15 is 0 Å². The summed E-state index contributed by atoms with van der Waals surface area (Å²) in [5, 5.41) is 3.38. The van der Waals surface area contributed by atoms with Crippen molar-refractivity contribution in [2.24, 2.45) is 0 Å². The largest absolute Gasteiger partial charge is 0.442 e. The lowest BCUT2D eigenvalue weighted by molar-refractivity contribution is -0.119. The molecule has 2 aliphatic heterocycles. The first kappa shape index (κ1) is 22.5. The Hall–Kier alpha value is -2.73. The van der Waals surface area contributed by atoms with Gasteiger partial charge >= 0.3 is 6.09 Å². The second-order valence-corrected chi connectivity index (χ2v) is 11.5. The highest BCUT2D eigenvalue weighted by molar-refractivity contribution is 7.71. The van der Waals surface area contributed by atoms with Crippen LogP contribution in [0.3, 0.4) is 0 Å². The molecule has 4 rings (SSSR count). The quantitative estimate of drug-likeness (QED) is 0.682. The van der Waals surface area contributed by atoms with Crippen molar-refractivity contribution in [1.82, 2.24) is 5.32 Å². The summed E-state index contributed by atoms with van der Waals surface area (Å²) < 4.78 is 48.5. The lowest BCUT2D eigenvalue weighted by atomic mass is 9.92. The first-order valence-corrected chi connectivity index (χ1v) is 12.7. The highest BCUT2D eigenvalue weighted by Crippen LogP contribution is 2.53. The van der Waals surface area contributed by atoms with Crippen LogP contribution in [0.4, 0.5) is 19.3 Å². The van der Waals surface area contributed by atoms with Crippen LogP contribution in [0.25, 0.3) is 0 Å². The van der Waals surface area contributed by atoms with E-state index in [1.165, 1.54) is 6.92 Å².